The first kappa shape index (κ1) is 22.7. The highest BCUT2D eigenvalue weighted by atomic mass is 127. The Hall–Kier alpha value is -1.31. The average Bonchev–Trinajstić information content (AvgIpc) is 2.51. The predicted molar refractivity (Wildman–Crippen MR) is 120 cm³/mol. The smallest absolute Gasteiger partial charge is 0.227 e. The molecule has 0 saturated heterocycles. The maximum atomic E-state index is 12.1. The third-order valence-electron chi connectivity index (χ3n) is 4.45. The summed E-state index contributed by atoms with van der Waals surface area (Å²) in [6, 6.07) is 7.97. The standard InChI is InChI=1S/C20H32N4O.HI/c1-4-21-20(22-12-11-15(2)3)23-14-16-7-5-10-18(13-16)24-19(25)17-8-6-9-17;/h5,7,10,13,15,17H,4,6,8-9,11-12,14H2,1-3H3,(H,24,25)(H2,21,22,23);1H. The summed E-state index contributed by atoms with van der Waals surface area (Å²) in [6.45, 7) is 8.84. The maximum absolute atomic E-state index is 12.1. The van der Waals surface area contributed by atoms with E-state index in [4.69, 9.17) is 0 Å². The van der Waals surface area contributed by atoms with Crippen LogP contribution < -0.4 is 16.0 Å². The zero-order valence-corrected chi connectivity index (χ0v) is 18.5. The van der Waals surface area contributed by atoms with Crippen molar-refractivity contribution in [3.8, 4) is 0 Å². The van der Waals surface area contributed by atoms with E-state index in [2.05, 4.69) is 41.7 Å². The molecular formula is C20H33IN4O. The molecule has 0 spiro atoms. The van der Waals surface area contributed by atoms with E-state index in [0.29, 0.717) is 12.5 Å². The molecule has 2 rings (SSSR count). The van der Waals surface area contributed by atoms with Gasteiger partial charge in [-0.2, -0.15) is 0 Å². The van der Waals surface area contributed by atoms with E-state index in [1.165, 1.54) is 6.42 Å². The Balaban J connectivity index is 0.00000338. The third kappa shape index (κ3) is 7.93. The van der Waals surface area contributed by atoms with Crippen LogP contribution in [-0.2, 0) is 11.3 Å². The highest BCUT2D eigenvalue weighted by Gasteiger charge is 2.25. The van der Waals surface area contributed by atoms with Crippen LogP contribution in [0.2, 0.25) is 0 Å². The second-order valence-electron chi connectivity index (χ2n) is 7.12. The Kier molecular flexibility index (Phi) is 10.6. The number of amides is 1. The van der Waals surface area contributed by atoms with E-state index in [-0.39, 0.29) is 35.8 Å². The number of benzene rings is 1. The average molecular weight is 472 g/mol. The fraction of sp³-hybridized carbons (Fsp3) is 0.600. The van der Waals surface area contributed by atoms with Gasteiger partial charge in [-0.3, -0.25) is 4.79 Å². The number of guanidine groups is 1. The van der Waals surface area contributed by atoms with Crippen molar-refractivity contribution >= 4 is 41.5 Å². The molecule has 1 fully saturated rings. The summed E-state index contributed by atoms with van der Waals surface area (Å²) in [5.74, 6) is 1.86. The van der Waals surface area contributed by atoms with E-state index in [1.807, 2.05) is 24.3 Å². The van der Waals surface area contributed by atoms with Crippen molar-refractivity contribution in [2.75, 3.05) is 18.4 Å². The molecule has 6 heteroatoms. The van der Waals surface area contributed by atoms with E-state index in [0.717, 1.165) is 49.6 Å². The summed E-state index contributed by atoms with van der Waals surface area (Å²) in [5.41, 5.74) is 1.95. The molecule has 1 aliphatic carbocycles. The van der Waals surface area contributed by atoms with E-state index in [9.17, 15) is 4.79 Å². The molecule has 26 heavy (non-hydrogen) atoms. The number of anilines is 1. The number of aliphatic imine (C=N–C) groups is 1. The molecule has 146 valence electrons. The molecule has 0 radical (unpaired) electrons. The number of hydrogen-bond donors (Lipinski definition) is 3. The van der Waals surface area contributed by atoms with Crippen molar-refractivity contribution in [1.82, 2.24) is 10.6 Å². The number of halogens is 1. The summed E-state index contributed by atoms with van der Waals surface area (Å²) in [6.07, 6.45) is 4.32. The predicted octanol–water partition coefficient (Wildman–Crippen LogP) is 4.14. The topological polar surface area (TPSA) is 65.5 Å². The molecule has 1 aromatic carbocycles. The molecule has 1 amide bonds. The van der Waals surface area contributed by atoms with Crippen LogP contribution in [0.15, 0.2) is 29.3 Å². The number of rotatable bonds is 8. The molecule has 0 bridgehead atoms. The minimum Gasteiger partial charge on any atom is -0.357 e. The Morgan fingerprint density at radius 3 is 2.65 bits per heavy atom. The molecule has 3 N–H and O–H groups in total. The van der Waals surface area contributed by atoms with Crippen molar-refractivity contribution in [3.05, 3.63) is 29.8 Å². The van der Waals surface area contributed by atoms with Gasteiger partial charge in [0.15, 0.2) is 5.96 Å². The Labute approximate surface area is 174 Å². The number of nitrogens with zero attached hydrogens (tertiary/aromatic N) is 1. The monoisotopic (exact) mass is 472 g/mol. The molecule has 0 unspecified atom stereocenters. The largest absolute Gasteiger partial charge is 0.357 e. The van der Waals surface area contributed by atoms with E-state index in [1.54, 1.807) is 0 Å². The number of carbonyl (C=O) groups is 1. The van der Waals surface area contributed by atoms with Gasteiger partial charge in [-0.1, -0.05) is 32.4 Å². The van der Waals surface area contributed by atoms with Gasteiger partial charge in [0.1, 0.15) is 0 Å². The molecule has 0 aliphatic heterocycles. The molecule has 0 atom stereocenters. The van der Waals surface area contributed by atoms with Crippen molar-refractivity contribution in [1.29, 1.82) is 0 Å². The lowest BCUT2D eigenvalue weighted by molar-refractivity contribution is -0.122. The zero-order valence-electron chi connectivity index (χ0n) is 16.2. The van der Waals surface area contributed by atoms with Gasteiger partial charge in [0.25, 0.3) is 0 Å². The van der Waals surface area contributed by atoms with Crippen molar-refractivity contribution in [2.45, 2.75) is 53.0 Å². The fourth-order valence-corrected chi connectivity index (χ4v) is 2.65. The number of carbonyl (C=O) groups excluding carboxylic acids is 1. The van der Waals surface area contributed by atoms with Crippen molar-refractivity contribution < 1.29 is 4.79 Å². The number of nitrogens with one attached hydrogen (secondary N) is 3. The second-order valence-corrected chi connectivity index (χ2v) is 7.12. The van der Waals surface area contributed by atoms with E-state index < -0.39 is 0 Å². The zero-order chi connectivity index (χ0) is 18.1. The van der Waals surface area contributed by atoms with Crippen LogP contribution in [0.3, 0.4) is 0 Å². The Morgan fingerprint density at radius 2 is 2.04 bits per heavy atom. The quantitative estimate of drug-likeness (QED) is 0.303. The molecule has 1 saturated carbocycles. The van der Waals surface area contributed by atoms with Gasteiger partial charge in [0, 0.05) is 24.7 Å². The minimum atomic E-state index is 0. The first-order valence-electron chi connectivity index (χ1n) is 9.50. The summed E-state index contributed by atoms with van der Waals surface area (Å²) >= 11 is 0. The summed E-state index contributed by atoms with van der Waals surface area (Å²) in [7, 11) is 0. The fourth-order valence-electron chi connectivity index (χ4n) is 2.65. The molecule has 5 nitrogen and oxygen atoms in total. The lowest BCUT2D eigenvalue weighted by Crippen LogP contribution is -2.38. The van der Waals surface area contributed by atoms with Gasteiger partial charge in [-0.15, -0.1) is 24.0 Å². The van der Waals surface area contributed by atoms with Crippen LogP contribution in [0.1, 0.15) is 52.0 Å². The molecule has 0 aromatic heterocycles. The number of hydrogen-bond acceptors (Lipinski definition) is 2. The highest BCUT2D eigenvalue weighted by molar-refractivity contribution is 14.0. The molecule has 0 heterocycles. The van der Waals surface area contributed by atoms with Crippen LogP contribution in [0.4, 0.5) is 5.69 Å². The summed E-state index contributed by atoms with van der Waals surface area (Å²) in [5, 5.41) is 9.67. The lowest BCUT2D eigenvalue weighted by Gasteiger charge is -2.24. The second kappa shape index (κ2) is 12.1. The highest BCUT2D eigenvalue weighted by Crippen LogP contribution is 2.27. The van der Waals surface area contributed by atoms with E-state index >= 15 is 0 Å². The maximum Gasteiger partial charge on any atom is 0.227 e. The van der Waals surface area contributed by atoms with Crippen molar-refractivity contribution in [2.24, 2.45) is 16.8 Å². The van der Waals surface area contributed by atoms with Gasteiger partial charge in [-0.05, 0) is 49.8 Å². The summed E-state index contributed by atoms with van der Waals surface area (Å²) in [4.78, 5) is 16.7. The van der Waals surface area contributed by atoms with Gasteiger partial charge >= 0.3 is 0 Å². The minimum absolute atomic E-state index is 0. The Morgan fingerprint density at radius 1 is 1.27 bits per heavy atom. The molecule has 1 aliphatic rings. The van der Waals surface area contributed by atoms with Gasteiger partial charge in [0.2, 0.25) is 5.91 Å². The van der Waals surface area contributed by atoms with Gasteiger partial charge < -0.3 is 16.0 Å². The first-order chi connectivity index (χ1) is 12.1. The van der Waals surface area contributed by atoms with Gasteiger partial charge in [-0.25, -0.2) is 4.99 Å². The SMILES string of the molecule is CCNC(=NCc1cccc(NC(=O)C2CCC2)c1)NCCC(C)C.I. The van der Waals surface area contributed by atoms with Crippen LogP contribution in [0, 0.1) is 11.8 Å². The third-order valence-corrected chi connectivity index (χ3v) is 4.45. The van der Waals surface area contributed by atoms with Gasteiger partial charge in [0.05, 0.1) is 6.54 Å². The van der Waals surface area contributed by atoms with Crippen LogP contribution in [0.5, 0.6) is 0 Å². The van der Waals surface area contributed by atoms with Crippen molar-refractivity contribution in [3.63, 3.8) is 0 Å². The van der Waals surface area contributed by atoms with Crippen LogP contribution in [-0.4, -0.2) is 25.0 Å². The lowest BCUT2D eigenvalue weighted by atomic mass is 9.85. The molecule has 1 aromatic rings. The van der Waals surface area contributed by atoms with Crippen LogP contribution in [0.25, 0.3) is 0 Å². The normalized spacial score (nSPS) is 14.4. The summed E-state index contributed by atoms with van der Waals surface area (Å²) < 4.78 is 0. The van der Waals surface area contributed by atoms with Crippen LogP contribution >= 0.6 is 24.0 Å². The Bertz CT molecular complexity index is 585. The molecular weight excluding hydrogens is 439 g/mol. The first-order valence-corrected chi connectivity index (χ1v) is 9.50.